The van der Waals surface area contributed by atoms with Gasteiger partial charge in [-0.3, -0.25) is 4.68 Å². The lowest BCUT2D eigenvalue weighted by atomic mass is 10.1. The van der Waals surface area contributed by atoms with Crippen LogP contribution in [-0.2, 0) is 19.4 Å². The number of rotatable bonds is 7. The molecular weight excluding hydrogens is 330 g/mol. The van der Waals surface area contributed by atoms with E-state index in [1.807, 2.05) is 6.07 Å². The number of hydrogen-bond acceptors (Lipinski definition) is 3. The Morgan fingerprint density at radius 2 is 2.14 bits per heavy atom. The summed E-state index contributed by atoms with van der Waals surface area (Å²) in [5.41, 5.74) is 3.55. The van der Waals surface area contributed by atoms with Crippen molar-refractivity contribution in [2.75, 3.05) is 6.54 Å². The molecule has 0 spiro atoms. The van der Waals surface area contributed by atoms with Gasteiger partial charge in [0.1, 0.15) is 5.76 Å². The fourth-order valence-electron chi connectivity index (χ4n) is 2.65. The van der Waals surface area contributed by atoms with Gasteiger partial charge in [-0.1, -0.05) is 13.8 Å². The zero-order valence-electron chi connectivity index (χ0n) is 13.2. The maximum atomic E-state index is 5.69. The number of aromatic nitrogens is 2. The van der Waals surface area contributed by atoms with E-state index in [0.29, 0.717) is 0 Å². The predicted molar refractivity (Wildman–Crippen MR) is 88.5 cm³/mol. The van der Waals surface area contributed by atoms with Gasteiger partial charge in [-0.05, 0) is 54.4 Å². The molecule has 0 amide bonds. The molecule has 0 fully saturated rings. The second-order valence-electron chi connectivity index (χ2n) is 5.16. The molecule has 2 rings (SSSR count). The number of likely N-dealkylation sites (N-methyl/N-ethyl adjacent to an activating group) is 1. The van der Waals surface area contributed by atoms with Crippen molar-refractivity contribution in [3.8, 4) is 0 Å². The second kappa shape index (κ2) is 7.27. The van der Waals surface area contributed by atoms with Crippen molar-refractivity contribution < 1.29 is 4.42 Å². The van der Waals surface area contributed by atoms with Crippen molar-refractivity contribution in [1.82, 2.24) is 15.1 Å². The van der Waals surface area contributed by atoms with E-state index < -0.39 is 0 Å². The Hall–Kier alpha value is -1.07. The Bertz CT molecular complexity index is 588. The lowest BCUT2D eigenvalue weighted by Gasteiger charge is -2.17. The van der Waals surface area contributed by atoms with Gasteiger partial charge in [0, 0.05) is 13.0 Å². The van der Waals surface area contributed by atoms with Gasteiger partial charge < -0.3 is 9.73 Å². The van der Waals surface area contributed by atoms with Crippen LogP contribution in [0.2, 0.25) is 0 Å². The summed E-state index contributed by atoms with van der Waals surface area (Å²) in [6.45, 7) is 10.3. The molecule has 21 heavy (non-hydrogen) atoms. The van der Waals surface area contributed by atoms with Crippen molar-refractivity contribution in [1.29, 1.82) is 0 Å². The minimum atomic E-state index is 0.174. The van der Waals surface area contributed by atoms with E-state index >= 15 is 0 Å². The Morgan fingerprint density at radius 1 is 1.38 bits per heavy atom. The Morgan fingerprint density at radius 3 is 2.67 bits per heavy atom. The number of halogens is 1. The topological polar surface area (TPSA) is 43.0 Å². The average Bonchev–Trinajstić information content (AvgIpc) is 3.03. The third-order valence-corrected chi connectivity index (χ3v) is 4.68. The molecule has 0 saturated carbocycles. The quantitative estimate of drug-likeness (QED) is 0.817. The molecule has 2 heterocycles. The zero-order chi connectivity index (χ0) is 15.4. The first kappa shape index (κ1) is 16.3. The zero-order valence-corrected chi connectivity index (χ0v) is 14.8. The van der Waals surface area contributed by atoms with Gasteiger partial charge >= 0.3 is 0 Å². The van der Waals surface area contributed by atoms with Crippen molar-refractivity contribution in [2.45, 2.75) is 53.1 Å². The number of nitrogens with one attached hydrogen (secondary N) is 1. The van der Waals surface area contributed by atoms with E-state index in [0.717, 1.165) is 41.9 Å². The van der Waals surface area contributed by atoms with Crippen LogP contribution in [0.4, 0.5) is 0 Å². The standard InChI is InChI=1S/C16H24BrN3O/c1-5-12-15(17)14(20(7-3)19-12)10-13(18-6-2)16-11(4)8-9-21-16/h8-9,13,18H,5-7,10H2,1-4H3. The molecule has 0 radical (unpaired) electrons. The van der Waals surface area contributed by atoms with Crippen molar-refractivity contribution in [3.05, 3.63) is 39.5 Å². The molecule has 116 valence electrons. The predicted octanol–water partition coefficient (Wildman–Crippen LogP) is 4.02. The van der Waals surface area contributed by atoms with Crippen molar-refractivity contribution in [2.24, 2.45) is 0 Å². The summed E-state index contributed by atoms with van der Waals surface area (Å²) in [5.74, 6) is 1.02. The second-order valence-corrected chi connectivity index (χ2v) is 5.95. The van der Waals surface area contributed by atoms with Gasteiger partial charge in [0.2, 0.25) is 0 Å². The van der Waals surface area contributed by atoms with Crippen LogP contribution < -0.4 is 5.32 Å². The number of hydrogen-bond donors (Lipinski definition) is 1. The molecule has 1 atom stereocenters. The molecule has 0 aromatic carbocycles. The van der Waals surface area contributed by atoms with E-state index in [1.165, 1.54) is 11.3 Å². The van der Waals surface area contributed by atoms with Crippen LogP contribution in [-0.4, -0.2) is 16.3 Å². The lowest BCUT2D eigenvalue weighted by Crippen LogP contribution is -2.24. The van der Waals surface area contributed by atoms with Gasteiger partial charge in [-0.25, -0.2) is 0 Å². The molecule has 0 aliphatic rings. The molecule has 0 bridgehead atoms. The molecular formula is C16H24BrN3O. The van der Waals surface area contributed by atoms with Crippen LogP contribution in [0, 0.1) is 6.92 Å². The van der Waals surface area contributed by atoms with Crippen LogP contribution >= 0.6 is 15.9 Å². The number of nitrogens with zero attached hydrogens (tertiary/aromatic N) is 2. The molecule has 1 N–H and O–H groups in total. The highest BCUT2D eigenvalue weighted by molar-refractivity contribution is 9.10. The minimum Gasteiger partial charge on any atom is -0.467 e. The summed E-state index contributed by atoms with van der Waals surface area (Å²) in [6.07, 6.45) is 3.56. The van der Waals surface area contributed by atoms with Crippen LogP contribution in [0.1, 0.15) is 49.5 Å². The molecule has 1 unspecified atom stereocenters. The molecule has 0 aliphatic heterocycles. The average molecular weight is 354 g/mol. The largest absolute Gasteiger partial charge is 0.467 e. The summed E-state index contributed by atoms with van der Waals surface area (Å²) >= 11 is 3.72. The first-order chi connectivity index (χ1) is 10.1. The van der Waals surface area contributed by atoms with E-state index in [9.17, 15) is 0 Å². The maximum absolute atomic E-state index is 5.69. The highest BCUT2D eigenvalue weighted by atomic mass is 79.9. The fourth-order valence-corrected chi connectivity index (χ4v) is 3.38. The summed E-state index contributed by atoms with van der Waals surface area (Å²) < 4.78 is 8.92. The third kappa shape index (κ3) is 3.40. The summed E-state index contributed by atoms with van der Waals surface area (Å²) in [6, 6.07) is 2.19. The normalized spacial score (nSPS) is 12.8. The maximum Gasteiger partial charge on any atom is 0.123 e. The first-order valence-corrected chi connectivity index (χ1v) is 8.42. The summed E-state index contributed by atoms with van der Waals surface area (Å²) in [4.78, 5) is 0. The Balaban J connectivity index is 2.33. The van der Waals surface area contributed by atoms with Gasteiger partial charge in [0.15, 0.2) is 0 Å². The Kier molecular flexibility index (Phi) is 5.65. The van der Waals surface area contributed by atoms with E-state index in [4.69, 9.17) is 4.42 Å². The first-order valence-electron chi connectivity index (χ1n) is 7.63. The van der Waals surface area contributed by atoms with Crippen LogP contribution in [0.25, 0.3) is 0 Å². The molecule has 0 aliphatic carbocycles. The van der Waals surface area contributed by atoms with Crippen LogP contribution in [0.5, 0.6) is 0 Å². The molecule has 2 aromatic heterocycles. The third-order valence-electron chi connectivity index (χ3n) is 3.76. The highest BCUT2D eigenvalue weighted by Crippen LogP contribution is 2.29. The SMILES string of the molecule is CCNC(Cc1c(Br)c(CC)nn1CC)c1occc1C. The summed E-state index contributed by atoms with van der Waals surface area (Å²) in [7, 11) is 0. The summed E-state index contributed by atoms with van der Waals surface area (Å²) in [5, 5.41) is 8.20. The van der Waals surface area contributed by atoms with Gasteiger partial charge in [-0.15, -0.1) is 0 Å². The highest BCUT2D eigenvalue weighted by Gasteiger charge is 2.22. The lowest BCUT2D eigenvalue weighted by molar-refractivity contribution is 0.405. The van der Waals surface area contributed by atoms with E-state index in [-0.39, 0.29) is 6.04 Å². The van der Waals surface area contributed by atoms with E-state index in [1.54, 1.807) is 6.26 Å². The number of furan rings is 1. The van der Waals surface area contributed by atoms with Crippen molar-refractivity contribution >= 4 is 15.9 Å². The van der Waals surface area contributed by atoms with Gasteiger partial charge in [0.05, 0.1) is 28.2 Å². The molecule has 2 aromatic rings. The van der Waals surface area contributed by atoms with E-state index in [2.05, 4.69) is 58.7 Å². The molecule has 5 heteroatoms. The van der Waals surface area contributed by atoms with Crippen molar-refractivity contribution in [3.63, 3.8) is 0 Å². The smallest absolute Gasteiger partial charge is 0.123 e. The molecule has 4 nitrogen and oxygen atoms in total. The minimum absolute atomic E-state index is 0.174. The van der Waals surface area contributed by atoms with Crippen LogP contribution in [0.3, 0.4) is 0 Å². The number of aryl methyl sites for hydroxylation is 3. The van der Waals surface area contributed by atoms with Crippen LogP contribution in [0.15, 0.2) is 21.2 Å². The molecule has 0 saturated heterocycles. The van der Waals surface area contributed by atoms with Gasteiger partial charge in [-0.2, -0.15) is 5.10 Å². The van der Waals surface area contributed by atoms with Gasteiger partial charge in [0.25, 0.3) is 0 Å². The fraction of sp³-hybridized carbons (Fsp3) is 0.562. The monoisotopic (exact) mass is 353 g/mol. The Labute approximate surface area is 135 Å².